The summed E-state index contributed by atoms with van der Waals surface area (Å²) >= 11 is 6.14. The second-order valence-corrected chi connectivity index (χ2v) is 15.9. The number of benzene rings is 2. The highest BCUT2D eigenvalue weighted by Gasteiger charge is 2.45. The Morgan fingerprint density at radius 3 is 2.30 bits per heavy atom. The van der Waals surface area contributed by atoms with Gasteiger partial charge in [0.15, 0.2) is 5.82 Å². The molecule has 2 N–H and O–H groups in total. The summed E-state index contributed by atoms with van der Waals surface area (Å²) in [5.41, 5.74) is 1.87. The molecule has 0 radical (unpaired) electrons. The third kappa shape index (κ3) is 8.29. The Hall–Kier alpha value is -5.59. The van der Waals surface area contributed by atoms with E-state index in [4.69, 9.17) is 21.6 Å². The Kier molecular flexibility index (Phi) is 11.1. The molecule has 1 atom stereocenters. The van der Waals surface area contributed by atoms with Crippen molar-refractivity contribution in [3.63, 3.8) is 0 Å². The van der Waals surface area contributed by atoms with Gasteiger partial charge in [-0.2, -0.15) is 5.26 Å². The van der Waals surface area contributed by atoms with Crippen LogP contribution in [0.2, 0.25) is 5.02 Å². The van der Waals surface area contributed by atoms with E-state index in [1.54, 1.807) is 42.7 Å². The minimum atomic E-state index is -0.976. The van der Waals surface area contributed by atoms with E-state index in [-0.39, 0.29) is 36.3 Å². The summed E-state index contributed by atoms with van der Waals surface area (Å²) < 4.78 is 6.06. The minimum absolute atomic E-state index is 0.0133. The molecule has 0 spiro atoms. The number of hydrogen-bond donors (Lipinski definition) is 2. The van der Waals surface area contributed by atoms with E-state index in [1.165, 1.54) is 0 Å². The average molecular weight is 794 g/mol. The van der Waals surface area contributed by atoms with E-state index in [1.807, 2.05) is 12.1 Å². The molecule has 1 unspecified atom stereocenters. The van der Waals surface area contributed by atoms with Gasteiger partial charge in [-0.25, -0.2) is 9.97 Å². The Balaban J connectivity index is 0.751. The van der Waals surface area contributed by atoms with Gasteiger partial charge in [-0.1, -0.05) is 11.6 Å². The van der Waals surface area contributed by atoms with Crippen LogP contribution in [-0.2, 0) is 14.4 Å². The lowest BCUT2D eigenvalue weighted by Gasteiger charge is -2.39. The number of hydrogen-bond acceptors (Lipinski definition) is 12. The van der Waals surface area contributed by atoms with Crippen LogP contribution >= 0.6 is 11.6 Å². The monoisotopic (exact) mass is 793 g/mol. The molecule has 4 fully saturated rings. The number of fused-ring (bicyclic) bond motifs is 1. The molecule has 1 saturated carbocycles. The van der Waals surface area contributed by atoms with Crippen LogP contribution in [0, 0.1) is 23.2 Å². The SMILES string of the molecule is N#Cc1ccc(OC2CCC(C(=O)Nc3cnc(N4CCC(CN5CCN(c6ccc7c(c6)C(=O)N(C6CCC(=O)NC6=O)C7=O)CC5)CC4)cn3)CC2)cc1Cl. The van der Waals surface area contributed by atoms with E-state index >= 15 is 0 Å². The molecule has 296 valence electrons. The second kappa shape index (κ2) is 16.5. The largest absolute Gasteiger partial charge is 0.490 e. The highest BCUT2D eigenvalue weighted by atomic mass is 35.5. The minimum Gasteiger partial charge on any atom is -0.490 e. The molecule has 5 amide bonds. The molecule has 15 nitrogen and oxygen atoms in total. The summed E-state index contributed by atoms with van der Waals surface area (Å²) in [6.07, 6.45) is 8.53. The Labute approximate surface area is 335 Å². The number of nitrogens with zero attached hydrogens (tertiary/aromatic N) is 7. The molecular formula is C41H44ClN9O6. The van der Waals surface area contributed by atoms with Gasteiger partial charge >= 0.3 is 0 Å². The number of piperidine rings is 2. The van der Waals surface area contributed by atoms with E-state index in [2.05, 4.69) is 35.3 Å². The first-order valence-electron chi connectivity index (χ1n) is 19.7. The van der Waals surface area contributed by atoms with Crippen molar-refractivity contribution >= 4 is 58.5 Å². The highest BCUT2D eigenvalue weighted by Crippen LogP contribution is 2.33. The van der Waals surface area contributed by atoms with Gasteiger partial charge in [-0.15, -0.1) is 0 Å². The van der Waals surface area contributed by atoms with Crippen LogP contribution in [-0.4, -0.2) is 107 Å². The molecular weight excluding hydrogens is 750 g/mol. The molecule has 1 aliphatic carbocycles. The third-order valence-corrected chi connectivity index (χ3v) is 12.2. The maximum Gasteiger partial charge on any atom is 0.262 e. The number of rotatable bonds is 9. The summed E-state index contributed by atoms with van der Waals surface area (Å²) in [5, 5.41) is 14.6. The number of piperazine rings is 1. The van der Waals surface area contributed by atoms with Gasteiger partial charge in [-0.05, 0) is 81.2 Å². The highest BCUT2D eigenvalue weighted by molar-refractivity contribution is 6.31. The molecule has 5 heterocycles. The van der Waals surface area contributed by atoms with Crippen LogP contribution in [0.15, 0.2) is 48.8 Å². The molecule has 5 aliphatic rings. The first-order valence-corrected chi connectivity index (χ1v) is 20.1. The number of amides is 5. The maximum absolute atomic E-state index is 13.3. The lowest BCUT2D eigenvalue weighted by Crippen LogP contribution is -2.54. The van der Waals surface area contributed by atoms with E-state index in [9.17, 15) is 24.0 Å². The molecule has 4 aliphatic heterocycles. The van der Waals surface area contributed by atoms with Crippen LogP contribution in [0.5, 0.6) is 5.75 Å². The van der Waals surface area contributed by atoms with Crippen molar-refractivity contribution in [2.24, 2.45) is 11.8 Å². The molecule has 3 saturated heterocycles. The predicted octanol–water partition coefficient (Wildman–Crippen LogP) is 4.02. The number of halogens is 1. The molecule has 1 aromatic heterocycles. The van der Waals surface area contributed by atoms with Crippen molar-refractivity contribution in [3.8, 4) is 11.8 Å². The van der Waals surface area contributed by atoms with Gasteiger partial charge in [0.2, 0.25) is 17.7 Å². The summed E-state index contributed by atoms with van der Waals surface area (Å²) in [4.78, 5) is 80.6. The average Bonchev–Trinajstić information content (AvgIpc) is 3.47. The fraction of sp³-hybridized carbons (Fsp3) is 0.463. The number of anilines is 3. The van der Waals surface area contributed by atoms with Crippen LogP contribution in [0.25, 0.3) is 0 Å². The number of nitriles is 1. The Morgan fingerprint density at radius 1 is 0.860 bits per heavy atom. The zero-order valence-corrected chi connectivity index (χ0v) is 32.2. The standard InChI is InChI=1S/C41H44ClN9O6/c42-33-20-30(7-3-27(33)21-43)57-29-5-1-26(2-6-29)38(53)46-35-22-45-36(23-44-35)50-13-11-25(12-14-50)24-48-15-17-49(18-16-48)28-4-8-31-32(19-28)41(56)51(40(31)55)34-9-10-37(52)47-39(34)54/h3-4,7-8,19-20,22-23,25-26,29,34H,1-2,5-6,9-18,24H2,(H,44,46,53)(H,47,52,54). The fourth-order valence-electron chi connectivity index (χ4n) is 8.63. The maximum atomic E-state index is 13.3. The first kappa shape index (κ1) is 38.3. The van der Waals surface area contributed by atoms with Gasteiger partial charge in [0.25, 0.3) is 11.8 Å². The van der Waals surface area contributed by atoms with Crippen molar-refractivity contribution in [1.82, 2.24) is 25.1 Å². The van der Waals surface area contributed by atoms with Crippen molar-refractivity contribution < 1.29 is 28.7 Å². The smallest absolute Gasteiger partial charge is 0.262 e. The zero-order chi connectivity index (χ0) is 39.6. The Bertz CT molecular complexity index is 2100. The first-order chi connectivity index (χ1) is 27.6. The molecule has 0 bridgehead atoms. The normalized spacial score (nSPS) is 23.2. The van der Waals surface area contributed by atoms with E-state index in [0.717, 1.165) is 87.9 Å². The van der Waals surface area contributed by atoms with Crippen LogP contribution < -0.4 is 25.2 Å². The van der Waals surface area contributed by atoms with Gasteiger partial charge in [0.05, 0.1) is 40.2 Å². The topological polar surface area (TPSA) is 181 Å². The lowest BCUT2D eigenvalue weighted by molar-refractivity contribution is -0.136. The number of nitrogens with one attached hydrogen (secondary N) is 2. The molecule has 16 heteroatoms. The molecule has 8 rings (SSSR count). The van der Waals surface area contributed by atoms with Crippen molar-refractivity contribution in [3.05, 3.63) is 70.5 Å². The molecule has 3 aromatic rings. The number of carbonyl (C=O) groups is 5. The lowest BCUT2D eigenvalue weighted by atomic mass is 9.86. The number of carbonyl (C=O) groups excluding carboxylic acids is 5. The summed E-state index contributed by atoms with van der Waals surface area (Å²) in [6.45, 7) is 6.11. The quantitative estimate of drug-likeness (QED) is 0.298. The summed E-state index contributed by atoms with van der Waals surface area (Å²) in [5.74, 6) is 0.247. The van der Waals surface area contributed by atoms with Gasteiger partial charge in [0.1, 0.15) is 23.7 Å². The number of imide groups is 2. The van der Waals surface area contributed by atoms with Crippen molar-refractivity contribution in [1.29, 1.82) is 5.26 Å². The third-order valence-electron chi connectivity index (χ3n) is 11.9. The summed E-state index contributed by atoms with van der Waals surface area (Å²) in [6, 6.07) is 11.4. The van der Waals surface area contributed by atoms with Gasteiger partial charge in [-0.3, -0.25) is 39.1 Å². The van der Waals surface area contributed by atoms with E-state index < -0.39 is 29.7 Å². The van der Waals surface area contributed by atoms with Gasteiger partial charge < -0.3 is 19.9 Å². The molecule has 57 heavy (non-hydrogen) atoms. The van der Waals surface area contributed by atoms with Crippen LogP contribution in [0.3, 0.4) is 0 Å². The molecule has 2 aromatic carbocycles. The van der Waals surface area contributed by atoms with Crippen LogP contribution in [0.1, 0.15) is 77.6 Å². The van der Waals surface area contributed by atoms with E-state index in [0.29, 0.717) is 46.5 Å². The van der Waals surface area contributed by atoms with Crippen molar-refractivity contribution in [2.45, 2.75) is 63.5 Å². The number of ether oxygens (including phenoxy) is 1. The Morgan fingerprint density at radius 2 is 1.61 bits per heavy atom. The predicted molar refractivity (Wildman–Crippen MR) is 210 cm³/mol. The number of aromatic nitrogens is 2. The van der Waals surface area contributed by atoms with Crippen molar-refractivity contribution in [2.75, 3.05) is 60.9 Å². The fourth-order valence-corrected chi connectivity index (χ4v) is 8.84. The van der Waals surface area contributed by atoms with Crippen LogP contribution in [0.4, 0.5) is 17.3 Å². The van der Waals surface area contributed by atoms with Gasteiger partial charge in [0, 0.05) is 69.9 Å². The zero-order valence-electron chi connectivity index (χ0n) is 31.5. The second-order valence-electron chi connectivity index (χ2n) is 15.5. The summed E-state index contributed by atoms with van der Waals surface area (Å²) in [7, 11) is 0.